The van der Waals surface area contributed by atoms with Crippen molar-refractivity contribution in [2.45, 2.75) is 12.8 Å². The first-order chi connectivity index (χ1) is 12.5. The van der Waals surface area contributed by atoms with Crippen molar-refractivity contribution in [1.82, 2.24) is 4.90 Å². The molecule has 2 aromatic rings. The molecule has 0 aromatic heterocycles. The van der Waals surface area contributed by atoms with E-state index in [1.54, 1.807) is 31.4 Å². The molecule has 0 N–H and O–H groups in total. The summed E-state index contributed by atoms with van der Waals surface area (Å²) in [5, 5.41) is 0. The maximum atomic E-state index is 13.3. The normalized spacial score (nSPS) is 15.0. The van der Waals surface area contributed by atoms with Gasteiger partial charge < -0.3 is 9.64 Å². The number of benzene rings is 2. The number of amides is 1. The predicted molar refractivity (Wildman–Crippen MR) is 92.3 cm³/mol. The number of ketones is 1. The lowest BCUT2D eigenvalue weighted by Gasteiger charge is -2.31. The zero-order chi connectivity index (χ0) is 18.7. The number of likely N-dealkylation sites (tertiary alicyclic amines) is 1. The van der Waals surface area contributed by atoms with Crippen molar-refractivity contribution in [2.24, 2.45) is 5.92 Å². The Labute approximate surface area is 150 Å². The largest absolute Gasteiger partial charge is 0.497 e. The minimum atomic E-state index is -0.780. The quantitative estimate of drug-likeness (QED) is 0.782. The average molecular weight is 359 g/mol. The van der Waals surface area contributed by atoms with E-state index in [1.807, 2.05) is 0 Å². The number of carbonyl (C=O) groups excluding carboxylic acids is 2. The molecule has 6 heteroatoms. The fourth-order valence-corrected chi connectivity index (χ4v) is 3.20. The van der Waals surface area contributed by atoms with Crippen LogP contribution in [0.1, 0.15) is 33.6 Å². The van der Waals surface area contributed by atoms with Crippen LogP contribution in [0.25, 0.3) is 0 Å². The van der Waals surface area contributed by atoms with Crippen molar-refractivity contribution in [2.75, 3.05) is 20.2 Å². The van der Waals surface area contributed by atoms with E-state index in [2.05, 4.69) is 0 Å². The van der Waals surface area contributed by atoms with Crippen LogP contribution in [0.3, 0.4) is 0 Å². The molecule has 0 radical (unpaired) electrons. The van der Waals surface area contributed by atoms with Crippen LogP contribution in [0.4, 0.5) is 8.78 Å². The Morgan fingerprint density at radius 1 is 0.962 bits per heavy atom. The molecule has 1 aliphatic rings. The van der Waals surface area contributed by atoms with Crippen LogP contribution in [0, 0.1) is 17.6 Å². The minimum Gasteiger partial charge on any atom is -0.497 e. The molecule has 26 heavy (non-hydrogen) atoms. The van der Waals surface area contributed by atoms with E-state index in [1.165, 1.54) is 4.90 Å². The molecule has 2 aromatic carbocycles. The lowest BCUT2D eigenvalue weighted by atomic mass is 9.88. The van der Waals surface area contributed by atoms with E-state index in [-0.39, 0.29) is 17.3 Å². The van der Waals surface area contributed by atoms with Crippen LogP contribution in [0.2, 0.25) is 0 Å². The van der Waals surface area contributed by atoms with E-state index < -0.39 is 17.5 Å². The van der Waals surface area contributed by atoms with Crippen molar-refractivity contribution in [3.63, 3.8) is 0 Å². The molecule has 1 fully saturated rings. The second kappa shape index (κ2) is 7.64. The van der Waals surface area contributed by atoms with Gasteiger partial charge in [-0.15, -0.1) is 0 Å². The van der Waals surface area contributed by atoms with Gasteiger partial charge in [0.2, 0.25) is 0 Å². The molecule has 1 heterocycles. The summed E-state index contributed by atoms with van der Waals surface area (Å²) in [7, 11) is 1.56. The molecular formula is C20H19F2NO3. The third-order valence-electron chi connectivity index (χ3n) is 4.64. The van der Waals surface area contributed by atoms with Gasteiger partial charge in [0.1, 0.15) is 17.4 Å². The molecule has 0 unspecified atom stereocenters. The maximum Gasteiger partial charge on any atom is 0.254 e. The molecule has 1 amide bonds. The summed E-state index contributed by atoms with van der Waals surface area (Å²) in [6.07, 6.45) is 1.04. The van der Waals surface area contributed by atoms with Gasteiger partial charge in [0.05, 0.1) is 7.11 Å². The number of nitrogens with zero attached hydrogens (tertiary/aromatic N) is 1. The SMILES string of the molecule is COc1ccc(C(=O)C2CCN(C(=O)c3cc(F)cc(F)c3)CC2)cc1. The smallest absolute Gasteiger partial charge is 0.254 e. The molecule has 4 nitrogen and oxygen atoms in total. The number of piperidine rings is 1. The zero-order valence-electron chi connectivity index (χ0n) is 14.4. The predicted octanol–water partition coefficient (Wildman–Crippen LogP) is 3.71. The molecule has 0 aliphatic carbocycles. The fourth-order valence-electron chi connectivity index (χ4n) is 3.20. The third-order valence-corrected chi connectivity index (χ3v) is 4.64. The number of Topliss-reactive ketones (excluding diaryl/α,β-unsaturated/α-hetero) is 1. The highest BCUT2D eigenvalue weighted by molar-refractivity contribution is 5.98. The highest BCUT2D eigenvalue weighted by Crippen LogP contribution is 2.24. The molecule has 0 saturated carbocycles. The Hall–Kier alpha value is -2.76. The second-order valence-electron chi connectivity index (χ2n) is 6.32. The number of hydrogen-bond acceptors (Lipinski definition) is 3. The first-order valence-electron chi connectivity index (χ1n) is 8.41. The molecule has 1 saturated heterocycles. The molecule has 136 valence electrons. The summed E-state index contributed by atoms with van der Waals surface area (Å²) >= 11 is 0. The lowest BCUT2D eigenvalue weighted by Crippen LogP contribution is -2.40. The topological polar surface area (TPSA) is 46.6 Å². The van der Waals surface area contributed by atoms with Gasteiger partial charge >= 0.3 is 0 Å². The number of hydrogen-bond donors (Lipinski definition) is 0. The van der Waals surface area contributed by atoms with Gasteiger partial charge in [-0.1, -0.05) is 0 Å². The highest BCUT2D eigenvalue weighted by atomic mass is 19.1. The molecular weight excluding hydrogens is 340 g/mol. The summed E-state index contributed by atoms with van der Waals surface area (Å²) in [6, 6.07) is 9.73. The summed E-state index contributed by atoms with van der Waals surface area (Å²) in [5.74, 6) is -1.42. The first-order valence-corrected chi connectivity index (χ1v) is 8.41. The van der Waals surface area contributed by atoms with E-state index in [0.717, 1.165) is 18.2 Å². The van der Waals surface area contributed by atoms with Gasteiger partial charge in [-0.2, -0.15) is 0 Å². The van der Waals surface area contributed by atoms with Gasteiger partial charge in [0.15, 0.2) is 5.78 Å². The van der Waals surface area contributed by atoms with Crippen LogP contribution in [0.15, 0.2) is 42.5 Å². The fraction of sp³-hybridized carbons (Fsp3) is 0.300. The molecule has 3 rings (SSSR count). The van der Waals surface area contributed by atoms with Crippen LogP contribution < -0.4 is 4.74 Å². The Bertz CT molecular complexity index is 792. The molecule has 0 bridgehead atoms. The standard InChI is InChI=1S/C20H19F2NO3/c1-26-18-4-2-13(3-5-18)19(24)14-6-8-23(9-7-14)20(25)15-10-16(21)12-17(22)11-15/h2-5,10-12,14H,6-9H2,1H3. The van der Waals surface area contributed by atoms with E-state index >= 15 is 0 Å². The van der Waals surface area contributed by atoms with Gasteiger partial charge in [0.25, 0.3) is 5.91 Å². The number of methoxy groups -OCH3 is 1. The second-order valence-corrected chi connectivity index (χ2v) is 6.32. The van der Waals surface area contributed by atoms with E-state index in [9.17, 15) is 18.4 Å². The molecule has 0 spiro atoms. The number of rotatable bonds is 4. The summed E-state index contributed by atoms with van der Waals surface area (Å²) < 4.78 is 31.7. The summed E-state index contributed by atoms with van der Waals surface area (Å²) in [4.78, 5) is 26.5. The lowest BCUT2D eigenvalue weighted by molar-refractivity contribution is 0.0649. The zero-order valence-corrected chi connectivity index (χ0v) is 14.4. The van der Waals surface area contributed by atoms with E-state index in [0.29, 0.717) is 37.2 Å². The number of ether oxygens (including phenoxy) is 1. The minimum absolute atomic E-state index is 0.0116. The summed E-state index contributed by atoms with van der Waals surface area (Å²) in [6.45, 7) is 0.757. The highest BCUT2D eigenvalue weighted by Gasteiger charge is 2.28. The van der Waals surface area contributed by atoms with Gasteiger partial charge in [-0.25, -0.2) is 8.78 Å². The van der Waals surface area contributed by atoms with Gasteiger partial charge in [-0.05, 0) is 49.2 Å². The van der Waals surface area contributed by atoms with Crippen LogP contribution in [-0.2, 0) is 0 Å². The van der Waals surface area contributed by atoms with E-state index in [4.69, 9.17) is 4.74 Å². The average Bonchev–Trinajstić information content (AvgIpc) is 2.66. The van der Waals surface area contributed by atoms with Crippen molar-refractivity contribution < 1.29 is 23.1 Å². The maximum absolute atomic E-state index is 13.3. The van der Waals surface area contributed by atoms with Crippen molar-refractivity contribution in [3.05, 3.63) is 65.2 Å². The van der Waals surface area contributed by atoms with Crippen molar-refractivity contribution >= 4 is 11.7 Å². The Balaban J connectivity index is 1.62. The third kappa shape index (κ3) is 3.90. The van der Waals surface area contributed by atoms with Crippen molar-refractivity contribution in [3.8, 4) is 5.75 Å². The summed E-state index contributed by atoms with van der Waals surface area (Å²) in [5.41, 5.74) is 0.602. The van der Waals surface area contributed by atoms with Crippen molar-refractivity contribution in [1.29, 1.82) is 0 Å². The van der Waals surface area contributed by atoms with Crippen LogP contribution in [0.5, 0.6) is 5.75 Å². The molecule has 0 atom stereocenters. The van der Waals surface area contributed by atoms with Gasteiger partial charge in [-0.3, -0.25) is 9.59 Å². The van der Waals surface area contributed by atoms with Crippen LogP contribution >= 0.6 is 0 Å². The Morgan fingerprint density at radius 2 is 1.54 bits per heavy atom. The van der Waals surface area contributed by atoms with Gasteiger partial charge in [0, 0.05) is 36.2 Å². The van der Waals surface area contributed by atoms with Crippen LogP contribution in [-0.4, -0.2) is 36.8 Å². The Kier molecular flexibility index (Phi) is 5.30. The number of carbonyl (C=O) groups is 2. The number of halogens is 2. The first kappa shape index (κ1) is 18.0. The monoisotopic (exact) mass is 359 g/mol. The molecule has 1 aliphatic heterocycles. The Morgan fingerprint density at radius 3 is 2.08 bits per heavy atom.